The summed E-state index contributed by atoms with van der Waals surface area (Å²) in [6.07, 6.45) is 2.67. The van der Waals surface area contributed by atoms with E-state index in [9.17, 15) is 4.79 Å². The standard InChI is InChI=1S/C15H13NO2S/c17-15(18)11-5-6-16-14(8-11)19-9-12-7-10-3-1-2-4-13(10)12/h1-6,8,12H,7,9H2,(H,17,18). The number of aromatic nitrogens is 1. The number of hydrogen-bond acceptors (Lipinski definition) is 3. The maximum absolute atomic E-state index is 10.9. The molecule has 19 heavy (non-hydrogen) atoms. The molecule has 96 valence electrons. The van der Waals surface area contributed by atoms with Gasteiger partial charge in [0.1, 0.15) is 0 Å². The molecule has 0 aliphatic heterocycles. The third-order valence-corrected chi connectivity index (χ3v) is 4.46. The number of thioether (sulfide) groups is 1. The van der Waals surface area contributed by atoms with Crippen molar-refractivity contribution in [1.82, 2.24) is 4.98 Å². The van der Waals surface area contributed by atoms with Crippen LogP contribution in [-0.2, 0) is 6.42 Å². The highest BCUT2D eigenvalue weighted by Crippen LogP contribution is 2.38. The molecule has 0 bridgehead atoms. The maximum Gasteiger partial charge on any atom is 0.335 e. The van der Waals surface area contributed by atoms with Crippen LogP contribution >= 0.6 is 11.8 Å². The molecule has 0 spiro atoms. The number of rotatable bonds is 4. The second-order valence-corrected chi connectivity index (χ2v) is 5.64. The van der Waals surface area contributed by atoms with E-state index in [4.69, 9.17) is 5.11 Å². The monoisotopic (exact) mass is 271 g/mol. The van der Waals surface area contributed by atoms with E-state index in [2.05, 4.69) is 29.2 Å². The van der Waals surface area contributed by atoms with E-state index in [1.54, 1.807) is 24.0 Å². The van der Waals surface area contributed by atoms with E-state index < -0.39 is 5.97 Å². The summed E-state index contributed by atoms with van der Waals surface area (Å²) >= 11 is 1.63. The van der Waals surface area contributed by atoms with Crippen molar-refractivity contribution in [3.63, 3.8) is 0 Å². The van der Waals surface area contributed by atoms with E-state index >= 15 is 0 Å². The van der Waals surface area contributed by atoms with E-state index in [0.717, 1.165) is 17.2 Å². The van der Waals surface area contributed by atoms with Gasteiger partial charge in [-0.1, -0.05) is 24.3 Å². The van der Waals surface area contributed by atoms with Crippen molar-refractivity contribution >= 4 is 17.7 Å². The van der Waals surface area contributed by atoms with Gasteiger partial charge in [-0.25, -0.2) is 9.78 Å². The lowest BCUT2D eigenvalue weighted by Crippen LogP contribution is -2.18. The number of carboxylic acids is 1. The molecular formula is C15H13NO2S. The van der Waals surface area contributed by atoms with Gasteiger partial charge in [0.2, 0.25) is 0 Å². The molecule has 0 fully saturated rings. The lowest BCUT2D eigenvalue weighted by atomic mass is 9.79. The zero-order valence-electron chi connectivity index (χ0n) is 10.2. The number of fused-ring (bicyclic) bond motifs is 1. The largest absolute Gasteiger partial charge is 0.478 e. The third kappa shape index (κ3) is 2.49. The summed E-state index contributed by atoms with van der Waals surface area (Å²) in [5.41, 5.74) is 3.15. The summed E-state index contributed by atoms with van der Waals surface area (Å²) in [6.45, 7) is 0. The number of carbonyl (C=O) groups is 1. The number of carboxylic acid groups (broad SMARTS) is 1. The molecule has 1 unspecified atom stereocenters. The highest BCUT2D eigenvalue weighted by atomic mass is 32.2. The van der Waals surface area contributed by atoms with Crippen LogP contribution in [0.5, 0.6) is 0 Å². The number of pyridine rings is 1. The van der Waals surface area contributed by atoms with Crippen LogP contribution in [-0.4, -0.2) is 21.8 Å². The molecule has 1 atom stereocenters. The van der Waals surface area contributed by atoms with Crippen molar-refractivity contribution in [3.05, 3.63) is 59.3 Å². The Morgan fingerprint density at radius 3 is 3.00 bits per heavy atom. The molecule has 1 aliphatic carbocycles. The fourth-order valence-corrected chi connectivity index (χ4v) is 3.33. The lowest BCUT2D eigenvalue weighted by Gasteiger charge is -2.29. The Hall–Kier alpha value is -1.81. The normalized spacial score (nSPS) is 16.5. The van der Waals surface area contributed by atoms with Gasteiger partial charge >= 0.3 is 5.97 Å². The molecule has 4 heteroatoms. The van der Waals surface area contributed by atoms with E-state index in [-0.39, 0.29) is 0 Å². The first-order valence-electron chi connectivity index (χ1n) is 6.14. The first kappa shape index (κ1) is 12.2. The molecule has 1 N–H and O–H groups in total. The lowest BCUT2D eigenvalue weighted by molar-refractivity contribution is 0.0696. The minimum Gasteiger partial charge on any atom is -0.478 e. The second-order valence-electron chi connectivity index (χ2n) is 4.60. The van der Waals surface area contributed by atoms with Crippen LogP contribution in [0.25, 0.3) is 0 Å². The smallest absolute Gasteiger partial charge is 0.335 e. The number of nitrogens with zero attached hydrogens (tertiary/aromatic N) is 1. The minimum absolute atomic E-state index is 0.298. The van der Waals surface area contributed by atoms with Crippen LogP contribution in [0.4, 0.5) is 0 Å². The van der Waals surface area contributed by atoms with Crippen molar-refractivity contribution in [2.75, 3.05) is 5.75 Å². The molecule has 1 aliphatic rings. The van der Waals surface area contributed by atoms with Crippen molar-refractivity contribution in [1.29, 1.82) is 0 Å². The Morgan fingerprint density at radius 1 is 1.37 bits per heavy atom. The molecule has 0 saturated carbocycles. The second kappa shape index (κ2) is 5.05. The van der Waals surface area contributed by atoms with E-state index in [1.165, 1.54) is 17.2 Å². The van der Waals surface area contributed by atoms with Gasteiger partial charge in [-0.05, 0) is 35.6 Å². The van der Waals surface area contributed by atoms with Gasteiger partial charge in [0, 0.05) is 11.9 Å². The SMILES string of the molecule is O=C(O)c1ccnc(SCC2Cc3ccccc32)c1. The van der Waals surface area contributed by atoms with Gasteiger partial charge in [-0.2, -0.15) is 0 Å². The highest BCUT2D eigenvalue weighted by Gasteiger charge is 2.25. The van der Waals surface area contributed by atoms with Gasteiger partial charge in [0.25, 0.3) is 0 Å². The van der Waals surface area contributed by atoms with Crippen LogP contribution in [0.3, 0.4) is 0 Å². The Balaban J connectivity index is 1.65. The predicted molar refractivity (Wildman–Crippen MR) is 74.8 cm³/mol. The molecular weight excluding hydrogens is 258 g/mol. The molecule has 3 rings (SSSR count). The van der Waals surface area contributed by atoms with Gasteiger partial charge in [-0.3, -0.25) is 0 Å². The van der Waals surface area contributed by atoms with Gasteiger partial charge < -0.3 is 5.11 Å². The number of hydrogen-bond donors (Lipinski definition) is 1. The molecule has 0 saturated heterocycles. The molecule has 0 amide bonds. The number of benzene rings is 1. The van der Waals surface area contributed by atoms with E-state index in [1.807, 2.05) is 0 Å². The van der Waals surface area contributed by atoms with Crippen LogP contribution in [0.15, 0.2) is 47.6 Å². The molecule has 2 aromatic rings. The molecule has 1 aromatic carbocycles. The first-order chi connectivity index (χ1) is 9.24. The fraction of sp³-hybridized carbons (Fsp3) is 0.200. The quantitative estimate of drug-likeness (QED) is 0.867. The van der Waals surface area contributed by atoms with Crippen molar-refractivity contribution in [2.45, 2.75) is 17.4 Å². The average molecular weight is 271 g/mol. The number of aromatic carboxylic acids is 1. The first-order valence-corrected chi connectivity index (χ1v) is 7.12. The Labute approximate surface area is 115 Å². The summed E-state index contributed by atoms with van der Waals surface area (Å²) in [5, 5.41) is 9.72. The van der Waals surface area contributed by atoms with E-state index in [0.29, 0.717) is 11.5 Å². The highest BCUT2D eigenvalue weighted by molar-refractivity contribution is 7.99. The zero-order valence-corrected chi connectivity index (χ0v) is 11.1. The summed E-state index contributed by atoms with van der Waals surface area (Å²) in [7, 11) is 0. The molecule has 3 nitrogen and oxygen atoms in total. The summed E-state index contributed by atoms with van der Waals surface area (Å²) in [6, 6.07) is 11.6. The van der Waals surface area contributed by atoms with Crippen molar-refractivity contribution in [3.8, 4) is 0 Å². The van der Waals surface area contributed by atoms with Crippen molar-refractivity contribution in [2.24, 2.45) is 0 Å². The molecule has 1 heterocycles. The van der Waals surface area contributed by atoms with Gasteiger partial charge in [0.05, 0.1) is 10.6 Å². The van der Waals surface area contributed by atoms with Crippen molar-refractivity contribution < 1.29 is 9.90 Å². The Morgan fingerprint density at radius 2 is 2.21 bits per heavy atom. The summed E-state index contributed by atoms with van der Waals surface area (Å²) in [5.74, 6) is 0.613. The molecule has 1 aromatic heterocycles. The van der Waals surface area contributed by atoms with Crippen LogP contribution in [0.1, 0.15) is 27.4 Å². The Bertz CT molecular complexity index is 627. The topological polar surface area (TPSA) is 50.2 Å². The van der Waals surface area contributed by atoms with Gasteiger partial charge in [0.15, 0.2) is 0 Å². The summed E-state index contributed by atoms with van der Waals surface area (Å²) in [4.78, 5) is 15.1. The zero-order chi connectivity index (χ0) is 13.2. The molecule has 0 radical (unpaired) electrons. The Kier molecular flexibility index (Phi) is 3.25. The van der Waals surface area contributed by atoms with Gasteiger partial charge in [-0.15, -0.1) is 11.8 Å². The van der Waals surface area contributed by atoms with Crippen LogP contribution in [0.2, 0.25) is 0 Å². The maximum atomic E-state index is 10.9. The van der Waals surface area contributed by atoms with Crippen LogP contribution in [0, 0.1) is 0 Å². The fourth-order valence-electron chi connectivity index (χ4n) is 2.32. The summed E-state index contributed by atoms with van der Waals surface area (Å²) < 4.78 is 0. The average Bonchev–Trinajstić information content (AvgIpc) is 2.40. The van der Waals surface area contributed by atoms with Crippen LogP contribution < -0.4 is 0 Å². The minimum atomic E-state index is -0.904. The third-order valence-electron chi connectivity index (χ3n) is 3.38. The predicted octanol–water partition coefficient (Wildman–Crippen LogP) is 3.21.